The van der Waals surface area contributed by atoms with Crippen molar-refractivity contribution in [3.8, 4) is 0 Å². The molecule has 26 heavy (non-hydrogen) atoms. The van der Waals surface area contributed by atoms with Gasteiger partial charge in [0, 0.05) is 39.8 Å². The molecular weight excluding hydrogens is 334 g/mol. The van der Waals surface area contributed by atoms with Gasteiger partial charge in [0.05, 0.1) is 6.54 Å². The number of hydrogen-bond acceptors (Lipinski definition) is 4. The van der Waals surface area contributed by atoms with Crippen molar-refractivity contribution in [3.63, 3.8) is 0 Å². The fourth-order valence-corrected chi connectivity index (χ4v) is 2.19. The van der Waals surface area contributed by atoms with Crippen molar-refractivity contribution in [2.75, 3.05) is 46.3 Å². The zero-order valence-corrected chi connectivity index (χ0v) is 17.5. The first-order chi connectivity index (χ1) is 12.1. The SMILES string of the molecule is CCNC(=NCCCNC(=O)OC(C)(C)C)N(C)CC(=O)N(CC)CC. The molecule has 0 heterocycles. The smallest absolute Gasteiger partial charge is 0.407 e. The minimum absolute atomic E-state index is 0.0784. The molecule has 0 rings (SSSR count). The predicted molar refractivity (Wildman–Crippen MR) is 105 cm³/mol. The molecule has 8 nitrogen and oxygen atoms in total. The summed E-state index contributed by atoms with van der Waals surface area (Å²) in [6.45, 7) is 14.8. The number of rotatable bonds is 9. The summed E-state index contributed by atoms with van der Waals surface area (Å²) < 4.78 is 5.18. The topological polar surface area (TPSA) is 86.3 Å². The third kappa shape index (κ3) is 10.8. The monoisotopic (exact) mass is 371 g/mol. The van der Waals surface area contributed by atoms with Gasteiger partial charge in [0.2, 0.25) is 5.91 Å². The summed E-state index contributed by atoms with van der Waals surface area (Å²) in [5, 5.41) is 5.90. The molecule has 8 heteroatoms. The highest BCUT2D eigenvalue weighted by molar-refractivity contribution is 5.86. The van der Waals surface area contributed by atoms with Crippen molar-refractivity contribution in [1.82, 2.24) is 20.4 Å². The number of guanidine groups is 1. The number of aliphatic imine (C=N–C) groups is 1. The Balaban J connectivity index is 4.42. The van der Waals surface area contributed by atoms with E-state index >= 15 is 0 Å². The molecule has 0 aliphatic carbocycles. The van der Waals surface area contributed by atoms with Gasteiger partial charge in [-0.1, -0.05) is 0 Å². The highest BCUT2D eigenvalue weighted by Gasteiger charge is 2.16. The molecule has 0 aromatic rings. The summed E-state index contributed by atoms with van der Waals surface area (Å²) in [4.78, 5) is 31.9. The first-order valence-corrected chi connectivity index (χ1v) is 9.38. The van der Waals surface area contributed by atoms with E-state index in [0.29, 0.717) is 38.6 Å². The van der Waals surface area contributed by atoms with Crippen LogP contribution in [-0.4, -0.2) is 79.7 Å². The van der Waals surface area contributed by atoms with Gasteiger partial charge in [-0.2, -0.15) is 0 Å². The van der Waals surface area contributed by atoms with Crippen LogP contribution < -0.4 is 10.6 Å². The van der Waals surface area contributed by atoms with Crippen molar-refractivity contribution < 1.29 is 14.3 Å². The molecule has 0 aromatic heterocycles. The Morgan fingerprint density at radius 2 is 1.69 bits per heavy atom. The number of ether oxygens (including phenoxy) is 1. The standard InChI is InChI=1S/C18H37N5O3/c1-8-19-16(22(7)14-15(24)23(9-2)10-3)20-12-11-13-21-17(25)26-18(4,5)6/h8-14H2,1-7H3,(H,19,20)(H,21,25). The summed E-state index contributed by atoms with van der Waals surface area (Å²) in [5.74, 6) is 0.764. The molecule has 0 saturated carbocycles. The lowest BCUT2D eigenvalue weighted by Gasteiger charge is -2.25. The van der Waals surface area contributed by atoms with Gasteiger partial charge >= 0.3 is 6.09 Å². The van der Waals surface area contributed by atoms with Crippen molar-refractivity contribution in [3.05, 3.63) is 0 Å². The van der Waals surface area contributed by atoms with Crippen LogP contribution in [0.3, 0.4) is 0 Å². The third-order valence-electron chi connectivity index (χ3n) is 3.45. The largest absolute Gasteiger partial charge is 0.444 e. The fourth-order valence-electron chi connectivity index (χ4n) is 2.19. The second-order valence-corrected chi connectivity index (χ2v) is 6.94. The number of carbonyl (C=O) groups excluding carboxylic acids is 2. The molecule has 0 spiro atoms. The number of amides is 2. The molecule has 0 aliphatic heterocycles. The molecule has 2 N–H and O–H groups in total. The number of likely N-dealkylation sites (N-methyl/N-ethyl adjacent to an activating group) is 2. The van der Waals surface area contributed by atoms with Gasteiger partial charge < -0.3 is 25.2 Å². The summed E-state index contributed by atoms with van der Waals surface area (Å²) >= 11 is 0. The first kappa shape index (κ1) is 24.0. The Bertz CT molecular complexity index is 456. The van der Waals surface area contributed by atoms with Crippen molar-refractivity contribution >= 4 is 18.0 Å². The molecule has 0 bridgehead atoms. The molecule has 2 amide bonds. The van der Waals surface area contributed by atoms with Crippen LogP contribution in [0.5, 0.6) is 0 Å². The molecule has 152 valence electrons. The highest BCUT2D eigenvalue weighted by atomic mass is 16.6. The molecule has 0 fully saturated rings. The average Bonchev–Trinajstić information content (AvgIpc) is 2.52. The number of hydrogen-bond donors (Lipinski definition) is 2. The van der Waals surface area contributed by atoms with Crippen LogP contribution in [0.2, 0.25) is 0 Å². The van der Waals surface area contributed by atoms with Crippen LogP contribution in [0, 0.1) is 0 Å². The Morgan fingerprint density at radius 1 is 1.08 bits per heavy atom. The van der Waals surface area contributed by atoms with E-state index in [1.807, 2.05) is 53.5 Å². The molecule has 0 atom stereocenters. The second kappa shape index (κ2) is 12.4. The van der Waals surface area contributed by atoms with Crippen molar-refractivity contribution in [2.24, 2.45) is 4.99 Å². The number of nitrogens with one attached hydrogen (secondary N) is 2. The van der Waals surface area contributed by atoms with Gasteiger partial charge in [-0.05, 0) is 48.0 Å². The van der Waals surface area contributed by atoms with E-state index in [2.05, 4.69) is 15.6 Å². The van der Waals surface area contributed by atoms with Crippen LogP contribution in [0.15, 0.2) is 4.99 Å². The lowest BCUT2D eigenvalue weighted by Crippen LogP contribution is -2.45. The zero-order valence-electron chi connectivity index (χ0n) is 17.5. The first-order valence-electron chi connectivity index (χ1n) is 9.38. The third-order valence-corrected chi connectivity index (χ3v) is 3.45. The average molecular weight is 372 g/mol. The van der Waals surface area contributed by atoms with Crippen LogP contribution >= 0.6 is 0 Å². The number of alkyl carbamates (subject to hydrolysis) is 1. The van der Waals surface area contributed by atoms with Crippen molar-refractivity contribution in [1.29, 1.82) is 0 Å². The van der Waals surface area contributed by atoms with E-state index in [1.54, 1.807) is 4.90 Å². The summed E-state index contributed by atoms with van der Waals surface area (Å²) in [7, 11) is 1.85. The number of carbonyl (C=O) groups is 2. The molecular formula is C18H37N5O3. The summed E-state index contributed by atoms with van der Waals surface area (Å²) in [5.41, 5.74) is -0.499. The molecule has 0 aliphatic rings. The minimum Gasteiger partial charge on any atom is -0.444 e. The van der Waals surface area contributed by atoms with Gasteiger partial charge in [0.25, 0.3) is 0 Å². The van der Waals surface area contributed by atoms with E-state index < -0.39 is 11.7 Å². The lowest BCUT2D eigenvalue weighted by atomic mass is 10.2. The highest BCUT2D eigenvalue weighted by Crippen LogP contribution is 2.06. The maximum atomic E-state index is 12.2. The van der Waals surface area contributed by atoms with Gasteiger partial charge in [0.15, 0.2) is 5.96 Å². The van der Waals surface area contributed by atoms with Gasteiger partial charge in [-0.3, -0.25) is 9.79 Å². The van der Waals surface area contributed by atoms with E-state index in [1.165, 1.54) is 0 Å². The Morgan fingerprint density at radius 3 is 2.19 bits per heavy atom. The zero-order chi connectivity index (χ0) is 20.2. The molecule has 0 aromatic carbocycles. The van der Waals surface area contributed by atoms with Crippen LogP contribution in [0.1, 0.15) is 48.0 Å². The maximum Gasteiger partial charge on any atom is 0.407 e. The Kier molecular flexibility index (Phi) is 11.4. The quantitative estimate of drug-likeness (QED) is 0.366. The second-order valence-electron chi connectivity index (χ2n) is 6.94. The summed E-state index contributed by atoms with van der Waals surface area (Å²) in [6.07, 6.45) is 0.265. The summed E-state index contributed by atoms with van der Waals surface area (Å²) in [6, 6.07) is 0. The van der Waals surface area contributed by atoms with Crippen LogP contribution in [-0.2, 0) is 9.53 Å². The van der Waals surface area contributed by atoms with Gasteiger partial charge in [0.1, 0.15) is 5.60 Å². The van der Waals surface area contributed by atoms with Gasteiger partial charge in [-0.15, -0.1) is 0 Å². The molecule has 0 radical (unpaired) electrons. The number of nitrogens with zero attached hydrogens (tertiary/aromatic N) is 3. The van der Waals surface area contributed by atoms with E-state index in [4.69, 9.17) is 4.74 Å². The van der Waals surface area contributed by atoms with Crippen LogP contribution in [0.25, 0.3) is 0 Å². The van der Waals surface area contributed by atoms with Crippen LogP contribution in [0.4, 0.5) is 4.79 Å². The van der Waals surface area contributed by atoms with Gasteiger partial charge in [-0.25, -0.2) is 4.79 Å². The Labute approximate surface area is 158 Å². The van der Waals surface area contributed by atoms with E-state index in [0.717, 1.165) is 6.54 Å². The maximum absolute atomic E-state index is 12.2. The van der Waals surface area contributed by atoms with E-state index in [-0.39, 0.29) is 12.5 Å². The van der Waals surface area contributed by atoms with Crippen molar-refractivity contribution in [2.45, 2.75) is 53.6 Å². The molecule has 0 saturated heterocycles. The molecule has 0 unspecified atom stereocenters. The fraction of sp³-hybridized carbons (Fsp3) is 0.833. The Hall–Kier alpha value is -1.99. The minimum atomic E-state index is -0.499. The lowest BCUT2D eigenvalue weighted by molar-refractivity contribution is -0.131. The predicted octanol–water partition coefficient (Wildman–Crippen LogP) is 1.67. The normalized spacial score (nSPS) is 11.7. The van der Waals surface area contributed by atoms with E-state index in [9.17, 15) is 9.59 Å².